The van der Waals surface area contributed by atoms with Crippen LogP contribution in [0.25, 0.3) is 5.57 Å². The first-order valence-corrected chi connectivity index (χ1v) is 5.97. The predicted octanol–water partition coefficient (Wildman–Crippen LogP) is 2.06. The van der Waals surface area contributed by atoms with E-state index in [-0.39, 0.29) is 17.1 Å². The fourth-order valence-electron chi connectivity index (χ4n) is 2.43. The number of likely N-dealkylation sites (N-methyl/N-ethyl adjacent to an activating group) is 1. The van der Waals surface area contributed by atoms with E-state index in [2.05, 4.69) is 12.6 Å². The quantitative estimate of drug-likeness (QED) is 0.561. The highest BCUT2D eigenvalue weighted by Crippen LogP contribution is 2.41. The van der Waals surface area contributed by atoms with E-state index in [1.54, 1.807) is 6.07 Å². The average molecular weight is 245 g/mol. The number of benzene rings is 1. The number of rotatable bonds is 0. The topological polar surface area (TPSA) is 37.4 Å². The summed E-state index contributed by atoms with van der Waals surface area (Å²) in [5.41, 5.74) is 3.02. The van der Waals surface area contributed by atoms with Gasteiger partial charge < -0.3 is 0 Å². The zero-order valence-corrected chi connectivity index (χ0v) is 10.2. The Bertz CT molecular complexity index is 577. The van der Waals surface area contributed by atoms with Crippen LogP contribution in [-0.4, -0.2) is 23.8 Å². The van der Waals surface area contributed by atoms with Gasteiger partial charge in [-0.1, -0.05) is 18.2 Å². The molecule has 1 aromatic rings. The number of nitrogens with zero attached hydrogens (tertiary/aromatic N) is 1. The summed E-state index contributed by atoms with van der Waals surface area (Å²) in [5, 5.41) is 0.0673. The van der Waals surface area contributed by atoms with Crippen LogP contribution in [0.1, 0.15) is 33.2 Å². The lowest BCUT2D eigenvalue weighted by Crippen LogP contribution is -2.39. The molecule has 0 fully saturated rings. The maximum atomic E-state index is 12.0. The maximum Gasteiger partial charge on any atom is 0.261 e. The highest BCUT2D eigenvalue weighted by molar-refractivity contribution is 7.80. The number of thiol groups is 1. The molecule has 3 rings (SSSR count). The van der Waals surface area contributed by atoms with Gasteiger partial charge in [-0.05, 0) is 18.1 Å². The van der Waals surface area contributed by atoms with Gasteiger partial charge in [-0.2, -0.15) is 12.6 Å². The van der Waals surface area contributed by atoms with Crippen molar-refractivity contribution in [1.29, 1.82) is 0 Å². The smallest absolute Gasteiger partial charge is 0.261 e. The monoisotopic (exact) mass is 245 g/mol. The SMILES string of the molecule is CN1C(=O)C2=CCC(S)c3cccc(c32)C1=O. The zero-order valence-electron chi connectivity index (χ0n) is 9.30. The standard InChI is InChI=1S/C13H11NO2S/c1-14-12(15)8-4-2-3-7-10(17)6-5-9(11(7)8)13(14)16/h2-5,10,17H,6H2,1H3. The van der Waals surface area contributed by atoms with Gasteiger partial charge >= 0.3 is 0 Å². The van der Waals surface area contributed by atoms with Gasteiger partial charge in [0.1, 0.15) is 0 Å². The molecule has 86 valence electrons. The second-order valence-electron chi connectivity index (χ2n) is 4.31. The molecule has 1 aliphatic carbocycles. The van der Waals surface area contributed by atoms with Crippen molar-refractivity contribution in [2.45, 2.75) is 11.7 Å². The molecule has 17 heavy (non-hydrogen) atoms. The highest BCUT2D eigenvalue weighted by atomic mass is 32.1. The van der Waals surface area contributed by atoms with Gasteiger partial charge in [-0.25, -0.2) is 0 Å². The van der Waals surface area contributed by atoms with Crippen LogP contribution in [0, 0.1) is 0 Å². The largest absolute Gasteiger partial charge is 0.277 e. The lowest BCUT2D eigenvalue weighted by Gasteiger charge is -2.31. The molecule has 0 saturated heterocycles. The fraction of sp³-hybridized carbons (Fsp3) is 0.231. The predicted molar refractivity (Wildman–Crippen MR) is 67.9 cm³/mol. The first kappa shape index (κ1) is 10.6. The normalized spacial score (nSPS) is 22.4. The van der Waals surface area contributed by atoms with Gasteiger partial charge in [0, 0.05) is 29.0 Å². The third-order valence-corrected chi connectivity index (χ3v) is 3.83. The Morgan fingerprint density at radius 2 is 2.06 bits per heavy atom. The van der Waals surface area contributed by atoms with E-state index in [1.165, 1.54) is 11.9 Å². The Morgan fingerprint density at radius 1 is 1.29 bits per heavy atom. The van der Waals surface area contributed by atoms with Crippen LogP contribution < -0.4 is 0 Å². The van der Waals surface area contributed by atoms with E-state index < -0.39 is 0 Å². The minimum absolute atomic E-state index is 0.0673. The van der Waals surface area contributed by atoms with Crippen molar-refractivity contribution >= 4 is 30.0 Å². The van der Waals surface area contributed by atoms with Crippen LogP contribution in [0.5, 0.6) is 0 Å². The van der Waals surface area contributed by atoms with Crippen molar-refractivity contribution in [3.63, 3.8) is 0 Å². The molecular formula is C13H11NO2S. The summed E-state index contributed by atoms with van der Waals surface area (Å²) in [5.74, 6) is -0.443. The molecule has 3 nitrogen and oxygen atoms in total. The van der Waals surface area contributed by atoms with Crippen molar-refractivity contribution in [3.05, 3.63) is 41.0 Å². The second-order valence-corrected chi connectivity index (χ2v) is 4.93. The van der Waals surface area contributed by atoms with E-state index in [1.807, 2.05) is 18.2 Å². The summed E-state index contributed by atoms with van der Waals surface area (Å²) in [7, 11) is 1.52. The van der Waals surface area contributed by atoms with Gasteiger partial charge in [0.25, 0.3) is 11.8 Å². The summed E-state index contributed by atoms with van der Waals surface area (Å²) in [6, 6.07) is 5.56. The summed E-state index contributed by atoms with van der Waals surface area (Å²) < 4.78 is 0. The number of hydrogen-bond acceptors (Lipinski definition) is 3. The van der Waals surface area contributed by atoms with Crippen molar-refractivity contribution in [1.82, 2.24) is 4.90 Å². The third kappa shape index (κ3) is 1.30. The van der Waals surface area contributed by atoms with Crippen LogP contribution in [0.4, 0.5) is 0 Å². The van der Waals surface area contributed by atoms with E-state index in [4.69, 9.17) is 0 Å². The minimum Gasteiger partial charge on any atom is -0.277 e. The number of carbonyl (C=O) groups is 2. The molecule has 0 radical (unpaired) electrons. The second kappa shape index (κ2) is 3.47. The van der Waals surface area contributed by atoms with E-state index in [0.717, 1.165) is 17.5 Å². The third-order valence-electron chi connectivity index (χ3n) is 3.34. The molecule has 0 spiro atoms. The number of amides is 2. The van der Waals surface area contributed by atoms with Crippen LogP contribution in [0.2, 0.25) is 0 Å². The molecule has 1 heterocycles. The molecular weight excluding hydrogens is 234 g/mol. The van der Waals surface area contributed by atoms with Crippen LogP contribution >= 0.6 is 12.6 Å². The molecule has 0 N–H and O–H groups in total. The fourth-order valence-corrected chi connectivity index (χ4v) is 2.75. The molecule has 0 aromatic heterocycles. The van der Waals surface area contributed by atoms with Gasteiger partial charge in [-0.15, -0.1) is 0 Å². The Kier molecular flexibility index (Phi) is 2.16. The molecule has 4 heteroatoms. The van der Waals surface area contributed by atoms with Gasteiger partial charge in [0.2, 0.25) is 0 Å². The Balaban J connectivity index is 2.35. The molecule has 1 unspecified atom stereocenters. The number of hydrogen-bond donors (Lipinski definition) is 1. The van der Waals surface area contributed by atoms with E-state index >= 15 is 0 Å². The Morgan fingerprint density at radius 3 is 2.82 bits per heavy atom. The average Bonchev–Trinajstić information content (AvgIpc) is 2.35. The van der Waals surface area contributed by atoms with Crippen molar-refractivity contribution in [2.75, 3.05) is 7.05 Å². The molecule has 2 amide bonds. The van der Waals surface area contributed by atoms with Crippen LogP contribution in [0.15, 0.2) is 24.3 Å². The molecule has 0 saturated carbocycles. The molecule has 0 bridgehead atoms. The highest BCUT2D eigenvalue weighted by Gasteiger charge is 2.36. The van der Waals surface area contributed by atoms with Crippen molar-refractivity contribution in [2.24, 2.45) is 0 Å². The van der Waals surface area contributed by atoms with Crippen LogP contribution in [-0.2, 0) is 4.79 Å². The lowest BCUT2D eigenvalue weighted by molar-refractivity contribution is -0.121. The minimum atomic E-state index is -0.230. The first-order valence-electron chi connectivity index (χ1n) is 5.45. The summed E-state index contributed by atoms with van der Waals surface area (Å²) >= 11 is 4.49. The van der Waals surface area contributed by atoms with Crippen LogP contribution in [0.3, 0.4) is 0 Å². The molecule has 2 aliphatic rings. The molecule has 1 atom stereocenters. The van der Waals surface area contributed by atoms with Gasteiger partial charge in [0.15, 0.2) is 0 Å². The van der Waals surface area contributed by atoms with Crippen molar-refractivity contribution < 1.29 is 9.59 Å². The Hall–Kier alpha value is -1.55. The van der Waals surface area contributed by atoms with Crippen molar-refractivity contribution in [3.8, 4) is 0 Å². The van der Waals surface area contributed by atoms with E-state index in [9.17, 15) is 9.59 Å². The number of carbonyl (C=O) groups excluding carboxylic acids is 2. The van der Waals surface area contributed by atoms with Gasteiger partial charge in [0.05, 0.1) is 0 Å². The number of imide groups is 1. The Labute approximate surface area is 105 Å². The summed E-state index contributed by atoms with van der Waals surface area (Å²) in [4.78, 5) is 25.2. The van der Waals surface area contributed by atoms with E-state index in [0.29, 0.717) is 11.1 Å². The first-order chi connectivity index (χ1) is 8.11. The summed E-state index contributed by atoms with van der Waals surface area (Å²) in [6.45, 7) is 0. The summed E-state index contributed by atoms with van der Waals surface area (Å²) in [6.07, 6.45) is 2.61. The zero-order chi connectivity index (χ0) is 12.2. The molecule has 1 aliphatic heterocycles. The maximum absolute atomic E-state index is 12.0. The molecule has 1 aromatic carbocycles. The van der Waals surface area contributed by atoms with Gasteiger partial charge in [-0.3, -0.25) is 14.5 Å². The lowest BCUT2D eigenvalue weighted by atomic mass is 9.83. The number of allylic oxidation sites excluding steroid dienone is 1.